The molecule has 0 aromatic rings. The van der Waals surface area contributed by atoms with Crippen molar-refractivity contribution in [3.05, 3.63) is 48.6 Å². The molecule has 0 aliphatic carbocycles. The molecule has 2 unspecified atom stereocenters. The van der Waals surface area contributed by atoms with E-state index in [0.717, 1.165) is 51.4 Å². The maximum Gasteiger partial charge on any atom is 0.305 e. The Bertz CT molecular complexity index is 1210. The van der Waals surface area contributed by atoms with Crippen molar-refractivity contribution in [3.63, 3.8) is 0 Å². The summed E-state index contributed by atoms with van der Waals surface area (Å²) in [6.07, 6.45) is 78.9. The first kappa shape index (κ1) is 69.8. The maximum atomic E-state index is 12.4. The summed E-state index contributed by atoms with van der Waals surface area (Å²) in [5, 5.41) is 22.9. The molecule has 0 aromatic heterocycles. The van der Waals surface area contributed by atoms with Crippen LogP contribution >= 0.6 is 0 Å². The third-order valence-electron chi connectivity index (χ3n) is 14.6. The van der Waals surface area contributed by atoms with Crippen LogP contribution in [-0.4, -0.2) is 47.4 Å². The zero-order valence-corrected chi connectivity index (χ0v) is 48.2. The molecule has 422 valence electrons. The van der Waals surface area contributed by atoms with E-state index in [9.17, 15) is 19.8 Å². The summed E-state index contributed by atoms with van der Waals surface area (Å²) < 4.78 is 5.50. The molecule has 0 radical (unpaired) electrons. The summed E-state index contributed by atoms with van der Waals surface area (Å²) >= 11 is 0. The number of rotatable bonds is 59. The van der Waals surface area contributed by atoms with Gasteiger partial charge in [0.05, 0.1) is 25.4 Å². The number of hydrogen-bond acceptors (Lipinski definition) is 5. The first-order valence-corrected chi connectivity index (χ1v) is 31.9. The number of allylic oxidation sites excluding steroid dienone is 7. The highest BCUT2D eigenvalue weighted by Crippen LogP contribution is 2.16. The average Bonchev–Trinajstić information content (AvgIpc) is 3.38. The van der Waals surface area contributed by atoms with Crippen molar-refractivity contribution in [1.82, 2.24) is 5.32 Å². The van der Waals surface area contributed by atoms with Crippen molar-refractivity contribution >= 4 is 11.9 Å². The van der Waals surface area contributed by atoms with Gasteiger partial charge < -0.3 is 20.3 Å². The van der Waals surface area contributed by atoms with Gasteiger partial charge in [-0.25, -0.2) is 0 Å². The number of aliphatic hydroxyl groups excluding tert-OH is 2. The predicted molar refractivity (Wildman–Crippen MR) is 315 cm³/mol. The van der Waals surface area contributed by atoms with E-state index in [1.54, 1.807) is 6.08 Å². The molecular weight excluding hydrogens is 887 g/mol. The summed E-state index contributed by atoms with van der Waals surface area (Å²) in [6, 6.07) is -0.629. The van der Waals surface area contributed by atoms with E-state index >= 15 is 0 Å². The van der Waals surface area contributed by atoms with Crippen LogP contribution in [-0.2, 0) is 14.3 Å². The molecular formula is C66H123NO5. The van der Waals surface area contributed by atoms with Crippen LogP contribution in [0.4, 0.5) is 0 Å². The number of ether oxygens (including phenoxy) is 1. The lowest BCUT2D eigenvalue weighted by Crippen LogP contribution is -2.45. The second kappa shape index (κ2) is 61.4. The highest BCUT2D eigenvalue weighted by atomic mass is 16.5. The Kier molecular flexibility index (Phi) is 59.5. The number of aliphatic hydroxyl groups is 2. The van der Waals surface area contributed by atoms with Gasteiger partial charge >= 0.3 is 5.97 Å². The summed E-state index contributed by atoms with van der Waals surface area (Å²) in [4.78, 5) is 24.5. The highest BCUT2D eigenvalue weighted by molar-refractivity contribution is 5.76. The normalized spacial score (nSPS) is 12.9. The number of carbonyl (C=O) groups is 2. The lowest BCUT2D eigenvalue weighted by atomic mass is 10.0. The lowest BCUT2D eigenvalue weighted by Gasteiger charge is -2.20. The Morgan fingerprint density at radius 1 is 0.389 bits per heavy atom. The minimum absolute atomic E-state index is 0.00950. The highest BCUT2D eigenvalue weighted by Gasteiger charge is 2.18. The first-order chi connectivity index (χ1) is 35.5. The maximum absolute atomic E-state index is 12.4. The Labute approximate surface area is 448 Å². The molecule has 0 aromatic carbocycles. The minimum atomic E-state index is -0.845. The van der Waals surface area contributed by atoms with Gasteiger partial charge in [0.25, 0.3) is 0 Å². The van der Waals surface area contributed by atoms with Gasteiger partial charge in [-0.3, -0.25) is 9.59 Å². The van der Waals surface area contributed by atoms with E-state index in [-0.39, 0.29) is 18.5 Å². The van der Waals surface area contributed by atoms with Crippen LogP contribution in [0.1, 0.15) is 335 Å². The standard InChI is InChI=1S/C66H123NO5/c1-3-5-7-9-11-13-14-15-16-17-27-31-34-37-40-44-48-52-56-60-66(71)72-61-57-53-49-45-41-38-35-32-29-26-24-22-20-18-19-21-23-25-28-30-33-36-39-43-47-51-55-59-65(70)67-63(62-68)64(69)58-54-50-46-42-12-10-8-6-4-2/h15-16,18-19,22,24,54,58,63-64,68-69H,3-14,17,20-21,23,25-53,55-57,59-62H2,1-2H3,(H,67,70)/b16-15-,19-18-,24-22-,58-54+. The number of amides is 1. The molecule has 0 heterocycles. The second-order valence-electron chi connectivity index (χ2n) is 21.7. The Hall–Kier alpha value is -2.18. The van der Waals surface area contributed by atoms with Gasteiger partial charge in [-0.05, 0) is 89.9 Å². The van der Waals surface area contributed by atoms with Crippen LogP contribution in [0.3, 0.4) is 0 Å². The molecule has 6 nitrogen and oxygen atoms in total. The van der Waals surface area contributed by atoms with Gasteiger partial charge in [-0.1, -0.05) is 281 Å². The molecule has 6 heteroatoms. The minimum Gasteiger partial charge on any atom is -0.466 e. The van der Waals surface area contributed by atoms with E-state index in [1.165, 1.54) is 257 Å². The van der Waals surface area contributed by atoms with Gasteiger partial charge in [-0.2, -0.15) is 0 Å². The van der Waals surface area contributed by atoms with E-state index in [2.05, 4.69) is 55.6 Å². The topological polar surface area (TPSA) is 95.9 Å². The Balaban J connectivity index is 3.39. The van der Waals surface area contributed by atoms with E-state index < -0.39 is 12.1 Å². The second-order valence-corrected chi connectivity index (χ2v) is 21.7. The molecule has 0 bridgehead atoms. The number of esters is 1. The molecule has 0 saturated carbocycles. The Morgan fingerprint density at radius 2 is 0.694 bits per heavy atom. The van der Waals surface area contributed by atoms with E-state index in [0.29, 0.717) is 19.4 Å². The SMILES string of the molecule is CCCCCCCC/C=C\CCCCCCCCCCCC(=O)OCCCCCCCCCCC/C=C\C/C=C\CCCCCCCCCCCCCC(=O)NC(CO)C(O)/C=C/CCCCCCCCC. The van der Waals surface area contributed by atoms with Gasteiger partial charge in [0.15, 0.2) is 0 Å². The zero-order chi connectivity index (χ0) is 52.2. The summed E-state index contributed by atoms with van der Waals surface area (Å²) in [7, 11) is 0. The lowest BCUT2D eigenvalue weighted by molar-refractivity contribution is -0.143. The van der Waals surface area contributed by atoms with Crippen molar-refractivity contribution in [3.8, 4) is 0 Å². The predicted octanol–water partition coefficient (Wildman–Crippen LogP) is 20.1. The molecule has 72 heavy (non-hydrogen) atoms. The smallest absolute Gasteiger partial charge is 0.305 e. The summed E-state index contributed by atoms with van der Waals surface area (Å²) in [5.41, 5.74) is 0. The van der Waals surface area contributed by atoms with Crippen molar-refractivity contribution < 1.29 is 24.5 Å². The molecule has 0 spiro atoms. The van der Waals surface area contributed by atoms with E-state index in [1.807, 2.05) is 6.08 Å². The molecule has 0 saturated heterocycles. The summed E-state index contributed by atoms with van der Waals surface area (Å²) in [6.45, 7) is 4.88. The molecule has 0 rings (SSSR count). The fourth-order valence-corrected chi connectivity index (χ4v) is 9.66. The molecule has 3 N–H and O–H groups in total. The van der Waals surface area contributed by atoms with Crippen molar-refractivity contribution in [2.45, 2.75) is 347 Å². The van der Waals surface area contributed by atoms with Crippen molar-refractivity contribution in [2.75, 3.05) is 13.2 Å². The van der Waals surface area contributed by atoms with Crippen LogP contribution < -0.4 is 5.32 Å². The van der Waals surface area contributed by atoms with Crippen LogP contribution in [0.25, 0.3) is 0 Å². The largest absolute Gasteiger partial charge is 0.466 e. The molecule has 0 aliphatic heterocycles. The first-order valence-electron chi connectivity index (χ1n) is 31.9. The average molecular weight is 1010 g/mol. The fourth-order valence-electron chi connectivity index (χ4n) is 9.66. The van der Waals surface area contributed by atoms with Crippen LogP contribution in [0.2, 0.25) is 0 Å². The fraction of sp³-hybridized carbons (Fsp3) is 0.848. The summed E-state index contributed by atoms with van der Waals surface area (Å²) in [5.74, 6) is -0.0644. The van der Waals surface area contributed by atoms with Crippen molar-refractivity contribution in [1.29, 1.82) is 0 Å². The quantitative estimate of drug-likeness (QED) is 0.0320. The van der Waals surface area contributed by atoms with Crippen LogP contribution in [0.15, 0.2) is 48.6 Å². The molecule has 0 aliphatic rings. The van der Waals surface area contributed by atoms with Crippen LogP contribution in [0.5, 0.6) is 0 Å². The van der Waals surface area contributed by atoms with E-state index in [4.69, 9.17) is 4.74 Å². The monoisotopic (exact) mass is 1010 g/mol. The molecule has 0 fully saturated rings. The van der Waals surface area contributed by atoms with Crippen molar-refractivity contribution in [2.24, 2.45) is 0 Å². The third-order valence-corrected chi connectivity index (χ3v) is 14.6. The van der Waals surface area contributed by atoms with Gasteiger partial charge in [0, 0.05) is 12.8 Å². The van der Waals surface area contributed by atoms with Crippen LogP contribution in [0, 0.1) is 0 Å². The van der Waals surface area contributed by atoms with Gasteiger partial charge in [0.2, 0.25) is 5.91 Å². The number of unbranched alkanes of at least 4 members (excludes halogenated alkanes) is 42. The van der Waals surface area contributed by atoms with Gasteiger partial charge in [0.1, 0.15) is 0 Å². The third kappa shape index (κ3) is 57.1. The van der Waals surface area contributed by atoms with Gasteiger partial charge in [-0.15, -0.1) is 0 Å². The molecule has 1 amide bonds. The Morgan fingerprint density at radius 3 is 1.07 bits per heavy atom. The number of hydrogen-bond donors (Lipinski definition) is 3. The number of carbonyl (C=O) groups excluding carboxylic acids is 2. The zero-order valence-electron chi connectivity index (χ0n) is 48.2. The number of nitrogens with one attached hydrogen (secondary N) is 1. The molecule has 2 atom stereocenters.